The summed E-state index contributed by atoms with van der Waals surface area (Å²) >= 11 is 0. The van der Waals surface area contributed by atoms with Crippen LogP contribution in [0, 0.1) is 19.8 Å². The van der Waals surface area contributed by atoms with E-state index in [0.29, 0.717) is 12.5 Å². The molecule has 0 aromatic carbocycles. The molecule has 1 aromatic heterocycles. The Balaban J connectivity index is 2.19. The molecule has 1 saturated heterocycles. The summed E-state index contributed by atoms with van der Waals surface area (Å²) in [6.45, 7) is 9.08. The first-order chi connectivity index (χ1) is 9.11. The van der Waals surface area contributed by atoms with Crippen LogP contribution in [0.15, 0.2) is 10.9 Å². The highest BCUT2D eigenvalue weighted by Crippen LogP contribution is 2.18. The predicted molar refractivity (Wildman–Crippen MR) is 74.4 cm³/mol. The number of nitrogens with zero attached hydrogens (tertiary/aromatic N) is 2. The zero-order valence-electron chi connectivity index (χ0n) is 12.0. The maximum Gasteiger partial charge on any atom is 0.348 e. The lowest BCUT2D eigenvalue weighted by molar-refractivity contribution is 0.173. The van der Waals surface area contributed by atoms with E-state index in [1.54, 1.807) is 4.57 Å². The van der Waals surface area contributed by atoms with Crippen LogP contribution in [-0.2, 0) is 11.3 Å². The molecule has 2 unspecified atom stereocenters. The highest BCUT2D eigenvalue weighted by molar-refractivity contribution is 5.07. The molecule has 5 heteroatoms. The molecule has 1 N–H and O–H groups in total. The van der Waals surface area contributed by atoms with Crippen molar-refractivity contribution in [1.29, 1.82) is 0 Å². The Bertz CT molecular complexity index is 478. The molecule has 0 bridgehead atoms. The Morgan fingerprint density at radius 1 is 1.58 bits per heavy atom. The van der Waals surface area contributed by atoms with Crippen molar-refractivity contribution in [3.05, 3.63) is 27.9 Å². The van der Waals surface area contributed by atoms with Crippen molar-refractivity contribution < 1.29 is 4.74 Å². The predicted octanol–water partition coefficient (Wildman–Crippen LogP) is 0.875. The van der Waals surface area contributed by atoms with Crippen LogP contribution in [0.1, 0.15) is 24.7 Å². The summed E-state index contributed by atoms with van der Waals surface area (Å²) in [5.74, 6) is 0.479. The molecule has 1 fully saturated rings. The van der Waals surface area contributed by atoms with Gasteiger partial charge in [0.1, 0.15) is 0 Å². The van der Waals surface area contributed by atoms with E-state index in [2.05, 4.69) is 17.2 Å². The molecular formula is C14H23N3O2. The zero-order valence-corrected chi connectivity index (χ0v) is 12.0. The first-order valence-electron chi connectivity index (χ1n) is 6.98. The van der Waals surface area contributed by atoms with Gasteiger partial charge in [0, 0.05) is 36.5 Å². The Hall–Kier alpha value is -1.20. The van der Waals surface area contributed by atoms with E-state index in [4.69, 9.17) is 4.74 Å². The van der Waals surface area contributed by atoms with Gasteiger partial charge in [-0.3, -0.25) is 4.57 Å². The number of aromatic nitrogens is 2. The maximum absolute atomic E-state index is 12.0. The van der Waals surface area contributed by atoms with Crippen molar-refractivity contribution in [2.24, 2.45) is 5.92 Å². The van der Waals surface area contributed by atoms with Gasteiger partial charge in [-0.25, -0.2) is 4.79 Å². The topological polar surface area (TPSA) is 56.2 Å². The molecule has 0 saturated carbocycles. The fourth-order valence-electron chi connectivity index (χ4n) is 2.71. The van der Waals surface area contributed by atoms with Crippen LogP contribution < -0.4 is 11.0 Å². The lowest BCUT2D eigenvalue weighted by atomic mass is 9.98. The van der Waals surface area contributed by atoms with E-state index in [9.17, 15) is 4.79 Å². The molecule has 1 aliphatic rings. The van der Waals surface area contributed by atoms with E-state index in [-0.39, 0.29) is 11.7 Å². The molecule has 1 aliphatic heterocycles. The Labute approximate surface area is 114 Å². The van der Waals surface area contributed by atoms with Gasteiger partial charge in [0.15, 0.2) is 0 Å². The summed E-state index contributed by atoms with van der Waals surface area (Å²) in [5, 5.41) is 3.47. The third kappa shape index (κ3) is 3.42. The van der Waals surface area contributed by atoms with Gasteiger partial charge >= 0.3 is 5.69 Å². The highest BCUT2D eigenvalue weighted by atomic mass is 16.5. The standard InChI is InChI=1S/C14H23N3O2/c1-4-15-13(12-5-6-19-9-12)8-17-11(3)7-10(2)16-14(17)18/h7,12-13,15H,4-6,8-9H2,1-3H3. The second-order valence-corrected chi connectivity index (χ2v) is 5.22. The molecule has 2 atom stereocenters. The van der Waals surface area contributed by atoms with Gasteiger partial charge in [-0.05, 0) is 32.9 Å². The Morgan fingerprint density at radius 2 is 2.37 bits per heavy atom. The minimum absolute atomic E-state index is 0.153. The second-order valence-electron chi connectivity index (χ2n) is 5.22. The van der Waals surface area contributed by atoms with Crippen molar-refractivity contribution in [2.75, 3.05) is 19.8 Å². The number of nitrogens with one attached hydrogen (secondary N) is 1. The average molecular weight is 265 g/mol. The van der Waals surface area contributed by atoms with Crippen LogP contribution >= 0.6 is 0 Å². The number of hydrogen-bond acceptors (Lipinski definition) is 4. The van der Waals surface area contributed by atoms with E-state index in [1.165, 1.54) is 0 Å². The van der Waals surface area contributed by atoms with Gasteiger partial charge in [-0.2, -0.15) is 4.98 Å². The van der Waals surface area contributed by atoms with E-state index in [0.717, 1.165) is 37.6 Å². The van der Waals surface area contributed by atoms with Gasteiger partial charge in [-0.1, -0.05) is 6.92 Å². The molecule has 19 heavy (non-hydrogen) atoms. The minimum atomic E-state index is -0.153. The normalized spacial score (nSPS) is 20.7. The molecule has 0 spiro atoms. The summed E-state index contributed by atoms with van der Waals surface area (Å²) < 4.78 is 7.22. The van der Waals surface area contributed by atoms with Crippen LogP contribution in [0.2, 0.25) is 0 Å². The van der Waals surface area contributed by atoms with Crippen molar-refractivity contribution in [3.63, 3.8) is 0 Å². The minimum Gasteiger partial charge on any atom is -0.381 e. The fraction of sp³-hybridized carbons (Fsp3) is 0.714. The van der Waals surface area contributed by atoms with Gasteiger partial charge < -0.3 is 10.1 Å². The summed E-state index contributed by atoms with van der Waals surface area (Å²) in [7, 11) is 0. The molecule has 0 amide bonds. The number of rotatable bonds is 5. The summed E-state index contributed by atoms with van der Waals surface area (Å²) in [6.07, 6.45) is 1.06. The van der Waals surface area contributed by atoms with Gasteiger partial charge in [0.05, 0.1) is 6.61 Å². The molecule has 5 nitrogen and oxygen atoms in total. The number of ether oxygens (including phenoxy) is 1. The van der Waals surface area contributed by atoms with Crippen LogP contribution in [0.25, 0.3) is 0 Å². The molecule has 0 radical (unpaired) electrons. The number of aryl methyl sites for hydroxylation is 2. The molecule has 2 heterocycles. The van der Waals surface area contributed by atoms with E-state index >= 15 is 0 Å². The van der Waals surface area contributed by atoms with Crippen LogP contribution in [0.5, 0.6) is 0 Å². The first-order valence-corrected chi connectivity index (χ1v) is 6.98. The van der Waals surface area contributed by atoms with Crippen molar-refractivity contribution in [1.82, 2.24) is 14.9 Å². The van der Waals surface area contributed by atoms with Crippen molar-refractivity contribution in [3.8, 4) is 0 Å². The maximum atomic E-state index is 12.0. The van der Waals surface area contributed by atoms with Gasteiger partial charge in [0.25, 0.3) is 0 Å². The summed E-state index contributed by atoms with van der Waals surface area (Å²) in [6, 6.07) is 2.23. The molecule has 2 rings (SSSR count). The molecule has 106 valence electrons. The zero-order chi connectivity index (χ0) is 13.8. The number of hydrogen-bond donors (Lipinski definition) is 1. The smallest absolute Gasteiger partial charge is 0.348 e. The third-order valence-corrected chi connectivity index (χ3v) is 3.73. The van der Waals surface area contributed by atoms with E-state index < -0.39 is 0 Å². The Kier molecular flexibility index (Phi) is 4.71. The summed E-state index contributed by atoms with van der Waals surface area (Å²) in [4.78, 5) is 16.0. The Morgan fingerprint density at radius 3 is 2.95 bits per heavy atom. The first kappa shape index (κ1) is 14.2. The van der Waals surface area contributed by atoms with Gasteiger partial charge in [-0.15, -0.1) is 0 Å². The fourth-order valence-corrected chi connectivity index (χ4v) is 2.71. The van der Waals surface area contributed by atoms with Crippen LogP contribution in [0.4, 0.5) is 0 Å². The lowest BCUT2D eigenvalue weighted by Crippen LogP contribution is -2.43. The van der Waals surface area contributed by atoms with Crippen LogP contribution in [-0.4, -0.2) is 35.4 Å². The van der Waals surface area contributed by atoms with Crippen molar-refractivity contribution >= 4 is 0 Å². The molecule has 1 aromatic rings. The molecular weight excluding hydrogens is 242 g/mol. The van der Waals surface area contributed by atoms with Gasteiger partial charge in [0.2, 0.25) is 0 Å². The van der Waals surface area contributed by atoms with Crippen LogP contribution in [0.3, 0.4) is 0 Å². The monoisotopic (exact) mass is 265 g/mol. The number of likely N-dealkylation sites (N-methyl/N-ethyl adjacent to an activating group) is 1. The highest BCUT2D eigenvalue weighted by Gasteiger charge is 2.26. The second kappa shape index (κ2) is 6.30. The molecule has 0 aliphatic carbocycles. The third-order valence-electron chi connectivity index (χ3n) is 3.73. The lowest BCUT2D eigenvalue weighted by Gasteiger charge is -2.25. The SMILES string of the molecule is CCNC(Cn1c(C)cc(C)nc1=O)C1CCOC1. The summed E-state index contributed by atoms with van der Waals surface area (Å²) in [5.41, 5.74) is 1.60. The largest absolute Gasteiger partial charge is 0.381 e. The van der Waals surface area contributed by atoms with E-state index in [1.807, 2.05) is 19.9 Å². The average Bonchev–Trinajstić information content (AvgIpc) is 2.85. The van der Waals surface area contributed by atoms with Crippen molar-refractivity contribution in [2.45, 2.75) is 39.8 Å². The quantitative estimate of drug-likeness (QED) is 0.858.